The average molecular weight is 345 g/mol. The molecule has 0 saturated carbocycles. The number of carbonyl (C=O) groups is 2. The molecule has 2 aromatic rings. The highest BCUT2D eigenvalue weighted by Gasteiger charge is 2.42. The second-order valence-electron chi connectivity index (χ2n) is 5.67. The van der Waals surface area contributed by atoms with Gasteiger partial charge in [0.05, 0.1) is 0 Å². The number of nitrogens with zero attached hydrogens (tertiary/aromatic N) is 1. The predicted octanol–water partition coefficient (Wildman–Crippen LogP) is 3.48. The lowest BCUT2D eigenvalue weighted by Crippen LogP contribution is -2.42. The van der Waals surface area contributed by atoms with Crippen molar-refractivity contribution in [3.8, 4) is 0 Å². The summed E-state index contributed by atoms with van der Waals surface area (Å²) in [6, 6.07) is 11.9. The summed E-state index contributed by atoms with van der Waals surface area (Å²) in [6.45, 7) is 1.92. The normalized spacial score (nSPS) is 20.2. The monoisotopic (exact) mass is 345 g/mol. The molecule has 0 aromatic heterocycles. The number of aliphatic carboxylic acids is 1. The van der Waals surface area contributed by atoms with Gasteiger partial charge in [0.1, 0.15) is 17.2 Å². The number of hydrogen-bond donors (Lipinski definition) is 1. The summed E-state index contributed by atoms with van der Waals surface area (Å²) in [5.41, 5.74) is 2.18. The first kappa shape index (κ1) is 16.5. The molecule has 1 aliphatic rings. The number of thioether (sulfide) groups is 1. The van der Waals surface area contributed by atoms with Crippen LogP contribution in [0.3, 0.4) is 0 Å². The Hall–Kier alpha value is -2.34. The third-order valence-electron chi connectivity index (χ3n) is 3.97. The molecule has 2 aromatic carbocycles. The lowest BCUT2D eigenvalue weighted by atomic mass is 10.1. The number of benzene rings is 2. The van der Waals surface area contributed by atoms with Crippen LogP contribution in [0.4, 0.5) is 4.39 Å². The average Bonchev–Trinajstić information content (AvgIpc) is 3.01. The molecule has 6 heteroatoms. The van der Waals surface area contributed by atoms with Crippen molar-refractivity contribution in [1.82, 2.24) is 4.90 Å². The summed E-state index contributed by atoms with van der Waals surface area (Å²) in [4.78, 5) is 25.8. The largest absolute Gasteiger partial charge is 0.480 e. The number of amides is 1. The second kappa shape index (κ2) is 6.65. The number of carbonyl (C=O) groups excluding carboxylic acids is 1. The van der Waals surface area contributed by atoms with Crippen molar-refractivity contribution in [1.29, 1.82) is 0 Å². The Labute approximate surface area is 143 Å². The molecule has 1 N–H and O–H groups in total. The molecule has 1 saturated heterocycles. The Balaban J connectivity index is 1.97. The minimum atomic E-state index is -1.03. The van der Waals surface area contributed by atoms with E-state index >= 15 is 0 Å². The van der Waals surface area contributed by atoms with E-state index in [9.17, 15) is 19.1 Å². The summed E-state index contributed by atoms with van der Waals surface area (Å²) < 4.78 is 13.2. The van der Waals surface area contributed by atoms with Gasteiger partial charge in [0.25, 0.3) is 5.91 Å². The smallest absolute Gasteiger partial charge is 0.327 e. The second-order valence-corrected chi connectivity index (χ2v) is 6.78. The van der Waals surface area contributed by atoms with Crippen LogP contribution >= 0.6 is 11.8 Å². The van der Waals surface area contributed by atoms with Gasteiger partial charge >= 0.3 is 5.97 Å². The molecule has 0 bridgehead atoms. The van der Waals surface area contributed by atoms with Crippen LogP contribution in [0.15, 0.2) is 48.5 Å². The van der Waals surface area contributed by atoms with Crippen LogP contribution in [-0.4, -0.2) is 33.7 Å². The Morgan fingerprint density at radius 2 is 1.75 bits per heavy atom. The van der Waals surface area contributed by atoms with Gasteiger partial charge in [-0.05, 0) is 36.8 Å². The van der Waals surface area contributed by atoms with E-state index in [0.717, 1.165) is 5.56 Å². The van der Waals surface area contributed by atoms with Gasteiger partial charge in [0.2, 0.25) is 0 Å². The molecule has 1 heterocycles. The van der Waals surface area contributed by atoms with Gasteiger partial charge in [-0.25, -0.2) is 9.18 Å². The highest BCUT2D eigenvalue weighted by atomic mass is 32.2. The fraction of sp³-hybridized carbons (Fsp3) is 0.222. The molecule has 0 aliphatic carbocycles. The molecular formula is C18H16FNO3S. The minimum absolute atomic E-state index is 0.301. The molecule has 1 amide bonds. The first-order chi connectivity index (χ1) is 11.5. The first-order valence-electron chi connectivity index (χ1n) is 7.46. The molecule has 0 radical (unpaired) electrons. The Morgan fingerprint density at radius 3 is 2.33 bits per heavy atom. The van der Waals surface area contributed by atoms with Gasteiger partial charge in [-0.15, -0.1) is 11.8 Å². The summed E-state index contributed by atoms with van der Waals surface area (Å²) in [5.74, 6) is -1.43. The Kier molecular flexibility index (Phi) is 4.57. The van der Waals surface area contributed by atoms with Gasteiger partial charge in [0, 0.05) is 11.3 Å². The maximum atomic E-state index is 13.2. The van der Waals surface area contributed by atoms with E-state index in [-0.39, 0.29) is 11.7 Å². The van der Waals surface area contributed by atoms with Crippen molar-refractivity contribution >= 4 is 23.6 Å². The van der Waals surface area contributed by atoms with Crippen LogP contribution in [0.2, 0.25) is 0 Å². The van der Waals surface area contributed by atoms with Gasteiger partial charge in [0.15, 0.2) is 0 Å². The van der Waals surface area contributed by atoms with E-state index in [1.807, 2.05) is 19.1 Å². The highest BCUT2D eigenvalue weighted by molar-refractivity contribution is 7.99. The Morgan fingerprint density at radius 1 is 1.12 bits per heavy atom. The third-order valence-corrected chi connectivity index (χ3v) is 5.30. The number of rotatable bonds is 3. The molecule has 1 aliphatic heterocycles. The zero-order chi connectivity index (χ0) is 17.3. The van der Waals surface area contributed by atoms with Crippen LogP contribution < -0.4 is 0 Å². The minimum Gasteiger partial charge on any atom is -0.480 e. The van der Waals surface area contributed by atoms with Crippen LogP contribution in [0.1, 0.15) is 26.9 Å². The molecule has 1 fully saturated rings. The molecule has 124 valence electrons. The first-order valence-corrected chi connectivity index (χ1v) is 8.51. The third kappa shape index (κ3) is 3.14. The fourth-order valence-electron chi connectivity index (χ4n) is 2.67. The van der Waals surface area contributed by atoms with Crippen LogP contribution in [0.25, 0.3) is 0 Å². The highest BCUT2D eigenvalue weighted by Crippen LogP contribution is 2.42. The molecule has 24 heavy (non-hydrogen) atoms. The van der Waals surface area contributed by atoms with Gasteiger partial charge < -0.3 is 10.0 Å². The summed E-state index contributed by atoms with van der Waals surface area (Å²) in [5, 5.41) is 9.02. The number of carboxylic acid groups (broad SMARTS) is 1. The SMILES string of the molecule is Cc1ccc(C(=O)N2C(C(=O)O)CSC2c2ccc(F)cc2)cc1. The summed E-state index contributed by atoms with van der Waals surface area (Å²) in [7, 11) is 0. The fourth-order valence-corrected chi connectivity index (χ4v) is 4.09. The van der Waals surface area contributed by atoms with Crippen molar-refractivity contribution < 1.29 is 19.1 Å². The van der Waals surface area contributed by atoms with E-state index in [4.69, 9.17) is 0 Å². The van der Waals surface area contributed by atoms with Gasteiger partial charge in [-0.1, -0.05) is 29.8 Å². The van der Waals surface area contributed by atoms with Gasteiger partial charge in [-0.2, -0.15) is 0 Å². The molecule has 4 nitrogen and oxygen atoms in total. The van der Waals surface area contributed by atoms with Crippen LogP contribution in [0, 0.1) is 12.7 Å². The van der Waals surface area contributed by atoms with Crippen molar-refractivity contribution in [2.75, 3.05) is 5.75 Å². The zero-order valence-electron chi connectivity index (χ0n) is 13.0. The van der Waals surface area contributed by atoms with E-state index in [1.54, 1.807) is 24.3 Å². The maximum Gasteiger partial charge on any atom is 0.327 e. The van der Waals surface area contributed by atoms with Crippen LogP contribution in [0.5, 0.6) is 0 Å². The standard InChI is InChI=1S/C18H16FNO3S/c1-11-2-4-12(5-3-11)16(21)20-15(18(22)23)10-24-17(20)13-6-8-14(19)9-7-13/h2-9,15,17H,10H2,1H3,(H,22,23). The van der Waals surface area contributed by atoms with E-state index in [1.165, 1.54) is 28.8 Å². The summed E-state index contributed by atoms with van der Waals surface area (Å²) >= 11 is 1.37. The maximum absolute atomic E-state index is 13.2. The van der Waals surface area contributed by atoms with E-state index in [0.29, 0.717) is 16.9 Å². The molecular weight excluding hydrogens is 329 g/mol. The number of halogens is 1. The number of aryl methyl sites for hydroxylation is 1. The van der Waals surface area contributed by atoms with Crippen molar-refractivity contribution in [2.45, 2.75) is 18.3 Å². The lowest BCUT2D eigenvalue weighted by molar-refractivity contribution is -0.141. The van der Waals surface area contributed by atoms with Crippen molar-refractivity contribution in [2.24, 2.45) is 0 Å². The van der Waals surface area contributed by atoms with Crippen molar-refractivity contribution in [3.05, 3.63) is 71.0 Å². The molecule has 2 unspecified atom stereocenters. The summed E-state index contributed by atoms with van der Waals surface area (Å²) in [6.07, 6.45) is 0. The lowest BCUT2D eigenvalue weighted by Gasteiger charge is -2.27. The van der Waals surface area contributed by atoms with Crippen LogP contribution in [-0.2, 0) is 4.79 Å². The molecule has 2 atom stereocenters. The number of hydrogen-bond acceptors (Lipinski definition) is 3. The van der Waals surface area contributed by atoms with E-state index < -0.39 is 17.4 Å². The zero-order valence-corrected chi connectivity index (χ0v) is 13.8. The van der Waals surface area contributed by atoms with Crippen molar-refractivity contribution in [3.63, 3.8) is 0 Å². The molecule has 0 spiro atoms. The number of carboxylic acids is 1. The Bertz CT molecular complexity index is 761. The predicted molar refractivity (Wildman–Crippen MR) is 90.4 cm³/mol. The topological polar surface area (TPSA) is 57.6 Å². The van der Waals surface area contributed by atoms with E-state index in [2.05, 4.69) is 0 Å². The van der Waals surface area contributed by atoms with Gasteiger partial charge in [-0.3, -0.25) is 4.79 Å². The molecule has 3 rings (SSSR count). The quantitative estimate of drug-likeness (QED) is 0.925.